The minimum absolute atomic E-state index is 0.105. The van der Waals surface area contributed by atoms with Gasteiger partial charge in [0.25, 0.3) is 0 Å². The molecule has 0 aromatic carbocycles. The summed E-state index contributed by atoms with van der Waals surface area (Å²) in [5.41, 5.74) is 0. The Morgan fingerprint density at radius 2 is 0.387 bits per heavy atom. The van der Waals surface area contributed by atoms with E-state index in [4.69, 9.17) is 32.3 Å². The molecule has 137 heavy (non-hydrogen) atoms. The highest BCUT2D eigenvalue weighted by Crippen LogP contribution is 2.45. The molecule has 0 saturated carbocycles. The number of carbonyl (C=O) groups excluding carboxylic acids is 3. The fraction of sp³-hybridized carbons (Fsp3) is 0.756. The molecule has 5 atom stereocenters. The Kier molecular flexibility index (Phi) is 106. The van der Waals surface area contributed by atoms with Crippen LogP contribution in [0.4, 0.5) is 0 Å². The second-order valence-electron chi connectivity index (χ2n) is 38.1. The number of allylic oxidation sites excluding steroid dienone is 26. The first-order valence-corrected chi connectivity index (χ1v) is 59.8. The summed E-state index contributed by atoms with van der Waals surface area (Å²) in [6.45, 7) is 2.63. The number of ether oxygens (including phenoxy) is 3. The lowest BCUT2D eigenvalue weighted by atomic mass is 10.0. The van der Waals surface area contributed by atoms with Crippen LogP contribution in [-0.4, -0.2) is 95.9 Å². The van der Waals surface area contributed by atoms with Crippen LogP contribution in [0.3, 0.4) is 0 Å². The summed E-state index contributed by atoms with van der Waals surface area (Å²) in [7, 11) is -9.82. The molecule has 0 aliphatic heterocycles. The van der Waals surface area contributed by atoms with Crippen LogP contribution >= 0.6 is 15.6 Å². The number of phosphoric ester groups is 2. The van der Waals surface area contributed by atoms with Crippen molar-refractivity contribution < 1.29 is 75.8 Å². The number of esters is 3. The molecule has 0 aromatic heterocycles. The number of hydrogen-bond donors (Lipinski definition) is 4. The second-order valence-corrected chi connectivity index (χ2v) is 41.1. The number of carbonyl (C=O) groups is 3. The monoisotopic (exact) mass is 1960 g/mol. The Bertz CT molecular complexity index is 3120. The summed E-state index contributed by atoms with van der Waals surface area (Å²) in [4.78, 5) is 59.4. The van der Waals surface area contributed by atoms with Crippen molar-refractivity contribution in [2.24, 2.45) is 0 Å². The summed E-state index contributed by atoms with van der Waals surface area (Å²) in [5.74, 6) is -1.54. The van der Waals surface area contributed by atoms with Gasteiger partial charge in [0, 0.05) is 19.3 Å². The Morgan fingerprint density at radius 3 is 0.613 bits per heavy atom. The van der Waals surface area contributed by atoms with E-state index in [2.05, 4.69) is 179 Å². The Balaban J connectivity index is 4.57. The first-order chi connectivity index (χ1) is 67.2. The average Bonchev–Trinajstić information content (AvgIpc) is 0.898. The molecule has 0 aromatic rings. The van der Waals surface area contributed by atoms with Gasteiger partial charge in [-0.15, -0.1) is 0 Å². The maximum absolute atomic E-state index is 13.2. The van der Waals surface area contributed by atoms with Gasteiger partial charge >= 0.3 is 33.6 Å². The standard InChI is InChI=1S/C119H210O16P2/c1-4-7-10-13-16-19-22-25-28-31-34-37-40-43-46-49-52-54-56-58-61-63-66-69-72-75-78-81-84-87-90-93-96-99-102-105-117(122)129-108-114(120)109-131-136(125,126)132-110-115(121)111-133-137(127,128)134-113-116(135-119(124)107-104-101-98-95-92-89-86-83-80-77-74-71-68-65-60-51-48-45-42-39-36-33-30-27-24-21-18-15-12-9-6-3)112-130-118(123)106-103-100-97-94-91-88-85-82-79-76-73-70-67-64-62-59-57-55-53-50-47-44-41-38-35-32-29-26-23-20-17-14-11-8-5-2/h7,10,16-21,25-30,34-39,43-48,114-116,120-121H,4-6,8-9,11-15,22-24,31-33,40-42,49-113H2,1-3H3,(H,125,126)(H,127,128)/b10-7-,19-16-,20-17-,21-18-,28-25-,29-26-,30-27-,37-34-,38-35-,39-36-,46-43-,47-44-,48-45-. The van der Waals surface area contributed by atoms with E-state index < -0.39 is 91.5 Å². The Hall–Kier alpha value is -4.83. The van der Waals surface area contributed by atoms with Crippen molar-refractivity contribution in [3.05, 3.63) is 158 Å². The smallest absolute Gasteiger partial charge is 0.463 e. The number of aliphatic hydroxyl groups excluding tert-OH is 2. The number of phosphoric acid groups is 2. The maximum atomic E-state index is 13.2. The van der Waals surface area contributed by atoms with Gasteiger partial charge in [0.05, 0.1) is 26.4 Å². The van der Waals surface area contributed by atoms with Crippen LogP contribution in [0, 0.1) is 0 Å². The fourth-order valence-electron chi connectivity index (χ4n) is 16.2. The first-order valence-electron chi connectivity index (χ1n) is 56.8. The van der Waals surface area contributed by atoms with Gasteiger partial charge in [0.2, 0.25) is 0 Å². The lowest BCUT2D eigenvalue weighted by Crippen LogP contribution is -2.30. The van der Waals surface area contributed by atoms with E-state index in [-0.39, 0.29) is 19.3 Å². The molecule has 0 aliphatic rings. The van der Waals surface area contributed by atoms with E-state index in [1.165, 1.54) is 327 Å². The molecule has 18 heteroatoms. The van der Waals surface area contributed by atoms with Crippen molar-refractivity contribution in [1.29, 1.82) is 0 Å². The summed E-state index contributed by atoms with van der Waals surface area (Å²) in [6, 6.07) is 0. The SMILES string of the molecule is CC/C=C\C/C=C\C/C=C\C/C=C\C/C=C\CCCCCCCCCCCCCCCCCCCCCC(=O)OCC(O)COP(=O)(O)OCC(O)COP(=O)(O)OCC(COC(=O)CCCCCCCCCCCCCCCCCCCCC/C=C\C/C=C\C/C=C\C/C=C\CCCCC)OC(=O)CCCCCCCCCCCCCCCCC/C=C\C/C=C\C/C=C\C/C=C\CCCCC. The molecule has 5 unspecified atom stereocenters. The van der Waals surface area contributed by atoms with Gasteiger partial charge in [-0.2, -0.15) is 0 Å². The predicted octanol–water partition coefficient (Wildman–Crippen LogP) is 36.7. The van der Waals surface area contributed by atoms with Gasteiger partial charge in [-0.3, -0.25) is 32.5 Å². The third-order valence-corrected chi connectivity index (χ3v) is 26.6. The van der Waals surface area contributed by atoms with Crippen LogP contribution in [-0.2, 0) is 55.8 Å². The third-order valence-electron chi connectivity index (χ3n) is 24.7. The second kappa shape index (κ2) is 110. The molecule has 0 bridgehead atoms. The van der Waals surface area contributed by atoms with E-state index in [1.54, 1.807) is 0 Å². The fourth-order valence-corrected chi connectivity index (χ4v) is 17.7. The Labute approximate surface area is 841 Å². The van der Waals surface area contributed by atoms with Gasteiger partial charge in [-0.1, -0.05) is 506 Å². The lowest BCUT2D eigenvalue weighted by molar-refractivity contribution is -0.161. The molecule has 0 aliphatic carbocycles. The van der Waals surface area contributed by atoms with Gasteiger partial charge in [0.15, 0.2) is 6.10 Å². The van der Waals surface area contributed by atoms with Gasteiger partial charge in [-0.25, -0.2) is 9.13 Å². The molecule has 0 saturated heterocycles. The van der Waals surface area contributed by atoms with Crippen LogP contribution < -0.4 is 0 Å². The highest BCUT2D eigenvalue weighted by atomic mass is 31.2. The van der Waals surface area contributed by atoms with Crippen molar-refractivity contribution in [2.45, 2.75) is 540 Å². The summed E-state index contributed by atoms with van der Waals surface area (Å²) in [5, 5.41) is 20.8. The molecule has 0 spiro atoms. The molecule has 792 valence electrons. The normalized spacial score (nSPS) is 14.1. The molecule has 0 radical (unpaired) electrons. The largest absolute Gasteiger partial charge is 0.472 e. The molecule has 16 nitrogen and oxygen atoms in total. The van der Waals surface area contributed by atoms with Crippen molar-refractivity contribution in [3.8, 4) is 0 Å². The zero-order chi connectivity index (χ0) is 99.2. The van der Waals surface area contributed by atoms with E-state index in [0.717, 1.165) is 135 Å². The maximum Gasteiger partial charge on any atom is 0.472 e. The van der Waals surface area contributed by atoms with Crippen molar-refractivity contribution in [3.63, 3.8) is 0 Å². The zero-order valence-electron chi connectivity index (χ0n) is 88.2. The molecule has 0 heterocycles. The number of aliphatic hydroxyl groups is 2. The van der Waals surface area contributed by atoms with Crippen molar-refractivity contribution in [1.82, 2.24) is 0 Å². The molecular weight excluding hydrogens is 1750 g/mol. The third kappa shape index (κ3) is 111. The quantitative estimate of drug-likeness (QED) is 0.0146. The molecule has 4 N–H and O–H groups in total. The molecule has 0 fully saturated rings. The summed E-state index contributed by atoms with van der Waals surface area (Å²) < 4.78 is 61.9. The zero-order valence-corrected chi connectivity index (χ0v) is 90.0. The van der Waals surface area contributed by atoms with E-state index in [1.807, 2.05) is 0 Å². The summed E-state index contributed by atoms with van der Waals surface area (Å²) in [6.07, 6.45) is 145. The van der Waals surface area contributed by atoms with Gasteiger partial charge < -0.3 is 34.2 Å². The molecule has 0 rings (SSSR count). The first kappa shape index (κ1) is 132. The highest BCUT2D eigenvalue weighted by molar-refractivity contribution is 7.47. The number of unbranched alkanes of at least 4 members (excludes halogenated alkanes) is 59. The minimum atomic E-state index is -4.95. The predicted molar refractivity (Wildman–Crippen MR) is 583 cm³/mol. The Morgan fingerprint density at radius 1 is 0.212 bits per heavy atom. The van der Waals surface area contributed by atoms with Crippen LogP contribution in [0.1, 0.15) is 522 Å². The topological polar surface area (TPSA) is 231 Å². The van der Waals surface area contributed by atoms with Crippen molar-refractivity contribution in [2.75, 3.05) is 39.6 Å². The number of rotatable bonds is 108. The van der Waals surface area contributed by atoms with E-state index >= 15 is 0 Å². The van der Waals surface area contributed by atoms with Crippen LogP contribution in [0.25, 0.3) is 0 Å². The van der Waals surface area contributed by atoms with E-state index in [0.29, 0.717) is 19.3 Å². The molecule has 0 amide bonds. The van der Waals surface area contributed by atoms with Crippen LogP contribution in [0.2, 0.25) is 0 Å². The lowest BCUT2D eigenvalue weighted by Gasteiger charge is -2.21. The minimum Gasteiger partial charge on any atom is -0.463 e. The number of hydrogen-bond acceptors (Lipinski definition) is 14. The van der Waals surface area contributed by atoms with Crippen LogP contribution in [0.5, 0.6) is 0 Å². The molecular formula is C119H210O16P2. The average molecular weight is 1960 g/mol. The van der Waals surface area contributed by atoms with Gasteiger partial charge in [-0.05, 0) is 154 Å². The van der Waals surface area contributed by atoms with Gasteiger partial charge in [0.1, 0.15) is 25.4 Å². The van der Waals surface area contributed by atoms with Crippen molar-refractivity contribution >= 4 is 33.6 Å². The summed E-state index contributed by atoms with van der Waals surface area (Å²) >= 11 is 0. The highest BCUT2D eigenvalue weighted by Gasteiger charge is 2.30. The van der Waals surface area contributed by atoms with Crippen LogP contribution in [0.15, 0.2) is 158 Å². The van der Waals surface area contributed by atoms with E-state index in [9.17, 15) is 43.5 Å².